The zero-order valence-corrected chi connectivity index (χ0v) is 20.4. The molecule has 1 saturated heterocycles. The van der Waals surface area contributed by atoms with Crippen molar-refractivity contribution in [3.05, 3.63) is 64.7 Å². The first kappa shape index (κ1) is 23.9. The van der Waals surface area contributed by atoms with Crippen LogP contribution in [0.4, 0.5) is 10.5 Å². The van der Waals surface area contributed by atoms with Crippen molar-refractivity contribution in [3.8, 4) is 0 Å². The molecule has 0 aliphatic carbocycles. The maximum absolute atomic E-state index is 13.2. The first-order chi connectivity index (χ1) is 16.1. The van der Waals surface area contributed by atoms with Crippen LogP contribution < -0.4 is 9.62 Å². The average molecular weight is 484 g/mol. The third-order valence-corrected chi connectivity index (χ3v) is 8.38. The molecule has 2 heterocycles. The number of amides is 3. The zero-order chi connectivity index (χ0) is 24.7. The summed E-state index contributed by atoms with van der Waals surface area (Å²) >= 11 is 0. The molecule has 0 radical (unpaired) electrons. The summed E-state index contributed by atoms with van der Waals surface area (Å²) in [5.74, 6) is -0.861. The van der Waals surface area contributed by atoms with Gasteiger partial charge >= 0.3 is 6.03 Å². The number of urea groups is 1. The molecule has 4 rings (SSSR count). The van der Waals surface area contributed by atoms with Gasteiger partial charge in [0.25, 0.3) is 5.91 Å². The SMILES string of the molecule is CCCc1ccc([C@]2(C)NC(=O)N(CC(=O)c3ccc4c(c3)CCN4S(=O)(=O)CC)C2=O)cc1. The molecule has 180 valence electrons. The van der Waals surface area contributed by atoms with Crippen molar-refractivity contribution in [2.45, 2.75) is 45.6 Å². The smallest absolute Gasteiger partial charge is 0.319 e. The van der Waals surface area contributed by atoms with Crippen molar-refractivity contribution in [3.63, 3.8) is 0 Å². The molecule has 0 spiro atoms. The number of imide groups is 1. The number of hydrogen-bond donors (Lipinski definition) is 1. The van der Waals surface area contributed by atoms with Crippen LogP contribution in [-0.2, 0) is 33.2 Å². The van der Waals surface area contributed by atoms with E-state index in [4.69, 9.17) is 0 Å². The number of nitrogens with zero attached hydrogens (tertiary/aromatic N) is 2. The van der Waals surface area contributed by atoms with E-state index in [9.17, 15) is 22.8 Å². The van der Waals surface area contributed by atoms with Gasteiger partial charge in [0, 0.05) is 12.1 Å². The highest BCUT2D eigenvalue weighted by Gasteiger charge is 2.49. The summed E-state index contributed by atoms with van der Waals surface area (Å²) in [6, 6.07) is 11.8. The van der Waals surface area contributed by atoms with E-state index in [-0.39, 0.29) is 18.1 Å². The molecule has 2 aliphatic rings. The molecule has 0 bridgehead atoms. The highest BCUT2D eigenvalue weighted by Crippen LogP contribution is 2.32. The standard InChI is InChI=1S/C25H29N3O5S/c1-4-6-17-7-10-20(11-8-17)25(3)23(30)27(24(31)26-25)16-22(29)19-9-12-21-18(15-19)13-14-28(21)34(32,33)5-2/h7-12,15H,4-6,13-14,16H2,1-3H3,(H,26,31)/t25-/m0/s1. The molecule has 1 atom stereocenters. The van der Waals surface area contributed by atoms with Gasteiger partial charge in [-0.15, -0.1) is 0 Å². The molecule has 0 unspecified atom stereocenters. The lowest BCUT2D eigenvalue weighted by Crippen LogP contribution is -2.41. The molecule has 3 amide bonds. The predicted molar refractivity (Wildman–Crippen MR) is 129 cm³/mol. The number of ketones is 1. The summed E-state index contributed by atoms with van der Waals surface area (Å²) < 4.78 is 25.9. The lowest BCUT2D eigenvalue weighted by molar-refractivity contribution is -0.130. The second-order valence-corrected chi connectivity index (χ2v) is 11.1. The number of sulfonamides is 1. The van der Waals surface area contributed by atoms with E-state index in [1.54, 1.807) is 32.0 Å². The van der Waals surface area contributed by atoms with Crippen LogP contribution in [0.25, 0.3) is 0 Å². The van der Waals surface area contributed by atoms with Crippen LogP contribution in [0.3, 0.4) is 0 Å². The Hall–Kier alpha value is -3.20. The maximum Gasteiger partial charge on any atom is 0.325 e. The van der Waals surface area contributed by atoms with Gasteiger partial charge in [0.05, 0.1) is 18.0 Å². The lowest BCUT2D eigenvalue weighted by atomic mass is 9.91. The van der Waals surface area contributed by atoms with Gasteiger partial charge in [-0.25, -0.2) is 13.2 Å². The molecule has 2 aliphatic heterocycles. The molecule has 0 saturated carbocycles. The van der Waals surface area contributed by atoms with Crippen LogP contribution in [-0.4, -0.2) is 49.9 Å². The Morgan fingerprint density at radius 3 is 2.44 bits per heavy atom. The molecule has 9 heteroatoms. The van der Waals surface area contributed by atoms with E-state index in [1.165, 1.54) is 4.31 Å². The van der Waals surface area contributed by atoms with Crippen molar-refractivity contribution in [2.24, 2.45) is 0 Å². The summed E-state index contributed by atoms with van der Waals surface area (Å²) in [4.78, 5) is 39.8. The fourth-order valence-electron chi connectivity index (χ4n) is 4.55. The van der Waals surface area contributed by atoms with Gasteiger partial charge in [0.15, 0.2) is 5.78 Å². The topological polar surface area (TPSA) is 104 Å². The monoisotopic (exact) mass is 483 g/mol. The van der Waals surface area contributed by atoms with Crippen LogP contribution in [0.5, 0.6) is 0 Å². The summed E-state index contributed by atoms with van der Waals surface area (Å²) in [5.41, 5.74) is 2.25. The van der Waals surface area contributed by atoms with Crippen molar-refractivity contribution >= 4 is 33.4 Å². The quantitative estimate of drug-likeness (QED) is 0.459. The number of fused-ring (bicyclic) bond motifs is 1. The molecule has 2 aromatic carbocycles. The molecule has 2 aromatic rings. The Bertz CT molecular complexity index is 1260. The number of rotatable bonds is 8. The van der Waals surface area contributed by atoms with E-state index in [1.807, 2.05) is 24.3 Å². The zero-order valence-electron chi connectivity index (χ0n) is 19.6. The average Bonchev–Trinajstić information content (AvgIpc) is 3.35. The number of Topliss-reactive ketones (excluding diaryl/α,β-unsaturated/α-hetero) is 1. The van der Waals surface area contributed by atoms with Gasteiger partial charge in [0.2, 0.25) is 10.0 Å². The van der Waals surface area contributed by atoms with Crippen LogP contribution in [0.1, 0.15) is 54.2 Å². The van der Waals surface area contributed by atoms with E-state index in [0.717, 1.165) is 28.9 Å². The third-order valence-electron chi connectivity index (χ3n) is 6.60. The summed E-state index contributed by atoms with van der Waals surface area (Å²) in [6.07, 6.45) is 2.45. The summed E-state index contributed by atoms with van der Waals surface area (Å²) in [5, 5.41) is 2.74. The minimum absolute atomic E-state index is 0.000592. The van der Waals surface area contributed by atoms with E-state index < -0.39 is 27.5 Å². The van der Waals surface area contributed by atoms with Crippen molar-refractivity contribution in [1.82, 2.24) is 10.2 Å². The van der Waals surface area contributed by atoms with Gasteiger partial charge in [-0.3, -0.25) is 18.8 Å². The molecule has 1 fully saturated rings. The number of aryl methyl sites for hydroxylation is 1. The second-order valence-electron chi connectivity index (χ2n) is 8.88. The van der Waals surface area contributed by atoms with E-state index in [2.05, 4.69) is 12.2 Å². The number of anilines is 1. The van der Waals surface area contributed by atoms with Crippen LogP contribution in [0.15, 0.2) is 42.5 Å². The summed E-state index contributed by atoms with van der Waals surface area (Å²) in [7, 11) is -3.38. The predicted octanol–water partition coefficient (Wildman–Crippen LogP) is 3.00. The van der Waals surface area contributed by atoms with Crippen LogP contribution in [0.2, 0.25) is 0 Å². The van der Waals surface area contributed by atoms with Crippen molar-refractivity contribution in [2.75, 3.05) is 23.1 Å². The molecule has 34 heavy (non-hydrogen) atoms. The number of benzene rings is 2. The van der Waals surface area contributed by atoms with E-state index >= 15 is 0 Å². The van der Waals surface area contributed by atoms with Gasteiger partial charge in [0.1, 0.15) is 5.54 Å². The van der Waals surface area contributed by atoms with Crippen LogP contribution in [0, 0.1) is 0 Å². The highest BCUT2D eigenvalue weighted by atomic mass is 32.2. The minimum atomic E-state index is -3.38. The maximum atomic E-state index is 13.2. The number of hydrogen-bond acceptors (Lipinski definition) is 5. The van der Waals surface area contributed by atoms with Gasteiger partial charge < -0.3 is 5.32 Å². The molecular formula is C25H29N3O5S. The fourth-order valence-corrected chi connectivity index (χ4v) is 5.71. The minimum Gasteiger partial charge on any atom is -0.319 e. The van der Waals surface area contributed by atoms with Gasteiger partial charge in [-0.2, -0.15) is 0 Å². The highest BCUT2D eigenvalue weighted by molar-refractivity contribution is 7.92. The number of carbonyl (C=O) groups is 3. The van der Waals surface area contributed by atoms with Crippen LogP contribution >= 0.6 is 0 Å². The Morgan fingerprint density at radius 2 is 1.79 bits per heavy atom. The van der Waals surface area contributed by atoms with Crippen molar-refractivity contribution < 1.29 is 22.8 Å². The van der Waals surface area contributed by atoms with Crippen molar-refractivity contribution in [1.29, 1.82) is 0 Å². The number of nitrogens with one attached hydrogen (secondary N) is 1. The molecule has 1 N–H and O–H groups in total. The first-order valence-electron chi connectivity index (χ1n) is 11.5. The third kappa shape index (κ3) is 4.09. The normalized spacial score (nSPS) is 20.0. The Morgan fingerprint density at radius 1 is 1.09 bits per heavy atom. The van der Waals surface area contributed by atoms with E-state index in [0.29, 0.717) is 29.8 Å². The first-order valence-corrected chi connectivity index (χ1v) is 13.1. The molecular weight excluding hydrogens is 454 g/mol. The fraction of sp³-hybridized carbons (Fsp3) is 0.400. The van der Waals surface area contributed by atoms with Gasteiger partial charge in [-0.05, 0) is 61.6 Å². The lowest BCUT2D eigenvalue weighted by Gasteiger charge is -2.22. The Balaban J connectivity index is 1.51. The summed E-state index contributed by atoms with van der Waals surface area (Å²) in [6.45, 7) is 5.28. The van der Waals surface area contributed by atoms with Gasteiger partial charge in [-0.1, -0.05) is 37.6 Å². The molecule has 0 aromatic heterocycles. The Kier molecular flexibility index (Phi) is 6.24. The second kappa shape index (κ2) is 8.87. The largest absolute Gasteiger partial charge is 0.325 e. The molecule has 8 nitrogen and oxygen atoms in total. The Labute approximate surface area is 200 Å². The number of carbonyl (C=O) groups excluding carboxylic acids is 3.